The Bertz CT molecular complexity index is 1200. The highest BCUT2D eigenvalue weighted by atomic mass is 16.5. The summed E-state index contributed by atoms with van der Waals surface area (Å²) in [7, 11) is 3.22. The number of carbonyl (C=O) groups excluding carboxylic acids is 1. The number of fused-ring (bicyclic) bond motifs is 1. The van der Waals surface area contributed by atoms with Crippen molar-refractivity contribution < 1.29 is 14.3 Å². The number of nitrogens with zero attached hydrogens (tertiary/aromatic N) is 1. The SMILES string of the molecule is COc1cc2cc(C(=O)Nc3cccnc3)cc(-c3ccc(C)cc3)c2cc1OC. The minimum absolute atomic E-state index is 0.201. The molecule has 150 valence electrons. The molecular weight excluding hydrogens is 376 g/mol. The second-order valence-corrected chi connectivity index (χ2v) is 7.01. The van der Waals surface area contributed by atoms with E-state index >= 15 is 0 Å². The maximum atomic E-state index is 13.0. The number of amides is 1. The number of nitrogens with one attached hydrogen (secondary N) is 1. The first-order chi connectivity index (χ1) is 14.6. The van der Waals surface area contributed by atoms with Crippen LogP contribution in [0.4, 0.5) is 5.69 Å². The van der Waals surface area contributed by atoms with Gasteiger partial charge < -0.3 is 14.8 Å². The van der Waals surface area contributed by atoms with Crippen LogP contribution in [0.15, 0.2) is 73.1 Å². The second kappa shape index (κ2) is 8.25. The first kappa shape index (κ1) is 19.5. The molecule has 0 fully saturated rings. The fourth-order valence-corrected chi connectivity index (χ4v) is 3.43. The van der Waals surface area contributed by atoms with E-state index in [2.05, 4.69) is 34.6 Å². The minimum Gasteiger partial charge on any atom is -0.493 e. The number of ether oxygens (including phenoxy) is 2. The summed E-state index contributed by atoms with van der Waals surface area (Å²) in [5.74, 6) is 1.06. The van der Waals surface area contributed by atoms with Gasteiger partial charge in [-0.1, -0.05) is 29.8 Å². The lowest BCUT2D eigenvalue weighted by Gasteiger charge is -2.15. The fraction of sp³-hybridized carbons (Fsp3) is 0.120. The monoisotopic (exact) mass is 398 g/mol. The number of aryl methyl sites for hydroxylation is 1. The third-order valence-electron chi connectivity index (χ3n) is 5.00. The molecule has 0 aliphatic rings. The quantitative estimate of drug-likeness (QED) is 0.484. The van der Waals surface area contributed by atoms with Crippen molar-refractivity contribution in [1.82, 2.24) is 4.98 Å². The Kier molecular flexibility index (Phi) is 5.35. The molecule has 3 aromatic carbocycles. The first-order valence-electron chi connectivity index (χ1n) is 9.57. The van der Waals surface area contributed by atoms with Gasteiger partial charge in [-0.3, -0.25) is 9.78 Å². The molecule has 5 nitrogen and oxygen atoms in total. The Balaban J connectivity index is 1.89. The largest absolute Gasteiger partial charge is 0.493 e. The zero-order valence-electron chi connectivity index (χ0n) is 17.1. The van der Waals surface area contributed by atoms with E-state index < -0.39 is 0 Å². The highest BCUT2D eigenvalue weighted by Gasteiger charge is 2.15. The van der Waals surface area contributed by atoms with Crippen molar-refractivity contribution >= 4 is 22.4 Å². The molecular formula is C25H22N2O3. The summed E-state index contributed by atoms with van der Waals surface area (Å²) in [5.41, 5.74) is 4.34. The van der Waals surface area contributed by atoms with Crippen LogP contribution in [0.5, 0.6) is 11.5 Å². The lowest BCUT2D eigenvalue weighted by molar-refractivity contribution is 0.102. The number of rotatable bonds is 5. The fourth-order valence-electron chi connectivity index (χ4n) is 3.43. The predicted octanol–water partition coefficient (Wildman–Crippen LogP) is 5.48. The standard InChI is InChI=1S/C25H22N2O3/c1-16-6-8-17(9-7-16)21-12-19(25(28)27-20-5-4-10-26-15-20)11-18-13-23(29-2)24(30-3)14-22(18)21/h4-15H,1-3H3,(H,27,28). The summed E-state index contributed by atoms with van der Waals surface area (Å²) < 4.78 is 11.0. The Hall–Kier alpha value is -3.86. The topological polar surface area (TPSA) is 60.5 Å². The molecule has 1 heterocycles. The zero-order valence-corrected chi connectivity index (χ0v) is 17.1. The molecule has 0 bridgehead atoms. The molecule has 4 rings (SSSR count). The summed E-state index contributed by atoms with van der Waals surface area (Å²) in [5, 5.41) is 4.78. The highest BCUT2D eigenvalue weighted by Crippen LogP contribution is 2.38. The van der Waals surface area contributed by atoms with E-state index in [4.69, 9.17) is 9.47 Å². The number of carbonyl (C=O) groups is 1. The molecule has 0 aliphatic heterocycles. The zero-order chi connectivity index (χ0) is 21.1. The number of methoxy groups -OCH3 is 2. The van der Waals surface area contributed by atoms with Crippen molar-refractivity contribution in [3.8, 4) is 22.6 Å². The van der Waals surface area contributed by atoms with Gasteiger partial charge in [0.2, 0.25) is 0 Å². The van der Waals surface area contributed by atoms with E-state index in [1.165, 1.54) is 5.56 Å². The van der Waals surface area contributed by atoms with Gasteiger partial charge in [-0.15, -0.1) is 0 Å². The molecule has 0 radical (unpaired) electrons. The highest BCUT2D eigenvalue weighted by molar-refractivity contribution is 6.10. The lowest BCUT2D eigenvalue weighted by Crippen LogP contribution is -2.12. The Morgan fingerprint density at radius 1 is 0.933 bits per heavy atom. The summed E-state index contributed by atoms with van der Waals surface area (Å²) >= 11 is 0. The summed E-state index contributed by atoms with van der Waals surface area (Å²) in [6, 6.07) is 19.4. The maximum Gasteiger partial charge on any atom is 0.255 e. The number of aromatic nitrogens is 1. The van der Waals surface area contributed by atoms with E-state index in [0.29, 0.717) is 22.7 Å². The predicted molar refractivity (Wildman–Crippen MR) is 119 cm³/mol. The first-order valence-corrected chi connectivity index (χ1v) is 9.57. The Morgan fingerprint density at radius 2 is 1.67 bits per heavy atom. The van der Waals surface area contributed by atoms with Crippen molar-refractivity contribution in [3.63, 3.8) is 0 Å². The van der Waals surface area contributed by atoms with Crippen LogP contribution < -0.4 is 14.8 Å². The average Bonchev–Trinajstić information content (AvgIpc) is 2.78. The Morgan fingerprint density at radius 3 is 2.33 bits per heavy atom. The van der Waals surface area contributed by atoms with Crippen molar-refractivity contribution in [2.75, 3.05) is 19.5 Å². The lowest BCUT2D eigenvalue weighted by atomic mass is 9.94. The second-order valence-electron chi connectivity index (χ2n) is 7.01. The van der Waals surface area contributed by atoms with Gasteiger partial charge in [0.15, 0.2) is 11.5 Å². The Labute approximate surface area is 175 Å². The molecule has 0 unspecified atom stereocenters. The van der Waals surface area contributed by atoms with Gasteiger partial charge in [0, 0.05) is 11.8 Å². The van der Waals surface area contributed by atoms with Crippen molar-refractivity contribution in [1.29, 1.82) is 0 Å². The smallest absolute Gasteiger partial charge is 0.255 e. The molecule has 0 spiro atoms. The van der Waals surface area contributed by atoms with Crippen LogP contribution in [0.3, 0.4) is 0 Å². The van der Waals surface area contributed by atoms with Crippen molar-refractivity contribution in [2.24, 2.45) is 0 Å². The molecule has 1 aromatic heterocycles. The van der Waals surface area contributed by atoms with E-state index in [0.717, 1.165) is 21.9 Å². The van der Waals surface area contributed by atoms with Crippen LogP contribution in [-0.2, 0) is 0 Å². The number of hydrogen-bond donors (Lipinski definition) is 1. The number of pyridine rings is 1. The molecule has 0 saturated carbocycles. The van der Waals surface area contributed by atoms with E-state index in [1.807, 2.05) is 31.2 Å². The van der Waals surface area contributed by atoms with Gasteiger partial charge in [-0.25, -0.2) is 0 Å². The summed E-state index contributed by atoms with van der Waals surface area (Å²) in [6.45, 7) is 2.05. The van der Waals surface area contributed by atoms with E-state index in [1.54, 1.807) is 38.7 Å². The van der Waals surface area contributed by atoms with E-state index in [9.17, 15) is 4.79 Å². The minimum atomic E-state index is -0.201. The number of hydrogen-bond acceptors (Lipinski definition) is 4. The molecule has 0 saturated heterocycles. The molecule has 0 atom stereocenters. The van der Waals surface area contributed by atoms with Crippen LogP contribution in [0.1, 0.15) is 15.9 Å². The summed E-state index contributed by atoms with van der Waals surface area (Å²) in [6.07, 6.45) is 3.29. The van der Waals surface area contributed by atoms with Crippen LogP contribution in [0, 0.1) is 6.92 Å². The maximum absolute atomic E-state index is 13.0. The number of anilines is 1. The van der Waals surface area contributed by atoms with Gasteiger partial charge in [-0.05, 0) is 65.2 Å². The van der Waals surface area contributed by atoms with Gasteiger partial charge in [0.25, 0.3) is 5.91 Å². The average molecular weight is 398 g/mol. The molecule has 1 amide bonds. The van der Waals surface area contributed by atoms with Crippen LogP contribution >= 0.6 is 0 Å². The van der Waals surface area contributed by atoms with Crippen LogP contribution in [-0.4, -0.2) is 25.1 Å². The van der Waals surface area contributed by atoms with Gasteiger partial charge in [-0.2, -0.15) is 0 Å². The molecule has 0 aliphatic carbocycles. The van der Waals surface area contributed by atoms with E-state index in [-0.39, 0.29) is 5.91 Å². The summed E-state index contributed by atoms with van der Waals surface area (Å²) in [4.78, 5) is 17.0. The van der Waals surface area contributed by atoms with Crippen LogP contribution in [0.25, 0.3) is 21.9 Å². The molecule has 4 aromatic rings. The molecule has 1 N–H and O–H groups in total. The van der Waals surface area contributed by atoms with Crippen LogP contribution in [0.2, 0.25) is 0 Å². The van der Waals surface area contributed by atoms with Gasteiger partial charge in [0.05, 0.1) is 26.1 Å². The molecule has 5 heteroatoms. The molecule has 30 heavy (non-hydrogen) atoms. The third-order valence-corrected chi connectivity index (χ3v) is 5.00. The van der Waals surface area contributed by atoms with Crippen molar-refractivity contribution in [3.05, 3.63) is 84.2 Å². The van der Waals surface area contributed by atoms with Gasteiger partial charge in [0.1, 0.15) is 0 Å². The third kappa shape index (κ3) is 3.82. The number of benzene rings is 3. The normalized spacial score (nSPS) is 10.6. The van der Waals surface area contributed by atoms with Crippen molar-refractivity contribution in [2.45, 2.75) is 6.92 Å². The van der Waals surface area contributed by atoms with Gasteiger partial charge >= 0.3 is 0 Å².